The van der Waals surface area contributed by atoms with Crippen LogP contribution in [0, 0.1) is 11.3 Å². The average molecular weight is 451 g/mol. The van der Waals surface area contributed by atoms with Crippen LogP contribution >= 0.6 is 11.3 Å². The molecule has 0 saturated carbocycles. The summed E-state index contributed by atoms with van der Waals surface area (Å²) in [5.41, 5.74) is 6.34. The monoisotopic (exact) mass is 450 g/mol. The summed E-state index contributed by atoms with van der Waals surface area (Å²) in [7, 11) is 0. The van der Waals surface area contributed by atoms with E-state index in [1.807, 2.05) is 29.5 Å². The Kier molecular flexibility index (Phi) is 4.11. The van der Waals surface area contributed by atoms with Gasteiger partial charge >= 0.3 is 0 Å². The summed E-state index contributed by atoms with van der Waals surface area (Å²) in [5.74, 6) is 0. The summed E-state index contributed by atoms with van der Waals surface area (Å²) in [4.78, 5) is 0. The van der Waals surface area contributed by atoms with Gasteiger partial charge in [-0.15, -0.1) is 11.3 Å². The summed E-state index contributed by atoms with van der Waals surface area (Å²) in [6.45, 7) is 0. The highest BCUT2D eigenvalue weighted by molar-refractivity contribution is 7.25. The molecule has 7 rings (SSSR count). The molecule has 34 heavy (non-hydrogen) atoms. The highest BCUT2D eigenvalue weighted by Gasteiger charge is 2.17. The van der Waals surface area contributed by atoms with E-state index in [0.717, 1.165) is 27.5 Å². The molecule has 5 aromatic carbocycles. The molecule has 0 unspecified atom stereocenters. The molecule has 7 aromatic rings. The van der Waals surface area contributed by atoms with Crippen molar-refractivity contribution in [2.75, 3.05) is 0 Å². The number of nitriles is 1. The number of nitrogens with zero attached hydrogens (tertiary/aromatic N) is 2. The Labute approximate surface area is 200 Å². The van der Waals surface area contributed by atoms with Crippen molar-refractivity contribution in [1.29, 1.82) is 5.26 Å². The molecule has 0 radical (unpaired) electrons. The van der Waals surface area contributed by atoms with Crippen LogP contribution in [-0.2, 0) is 0 Å². The molecule has 0 aliphatic rings. The maximum absolute atomic E-state index is 9.82. The minimum absolute atomic E-state index is 0.705. The average Bonchev–Trinajstić information content (AvgIpc) is 3.44. The molecule has 0 N–H and O–H groups in total. The summed E-state index contributed by atoms with van der Waals surface area (Å²) >= 11 is 1.84. The third-order valence-electron chi connectivity index (χ3n) is 6.65. The van der Waals surface area contributed by atoms with Gasteiger partial charge in [0.1, 0.15) is 0 Å². The SMILES string of the molecule is N#Cc1cccc2c1c1ccccc1n2-c1ccccc1-c1ccc2sc3ccccc3c2c1. The van der Waals surface area contributed by atoms with Gasteiger partial charge in [-0.2, -0.15) is 5.26 Å². The van der Waals surface area contributed by atoms with Crippen molar-refractivity contribution in [2.24, 2.45) is 0 Å². The molecule has 0 aliphatic carbocycles. The number of fused-ring (bicyclic) bond motifs is 6. The summed E-state index contributed by atoms with van der Waals surface area (Å²) in [6, 6.07) is 40.7. The van der Waals surface area contributed by atoms with Gasteiger partial charge in [0.2, 0.25) is 0 Å². The van der Waals surface area contributed by atoms with Crippen molar-refractivity contribution in [1.82, 2.24) is 4.57 Å². The van der Waals surface area contributed by atoms with Crippen LogP contribution in [0.25, 0.3) is 58.8 Å². The predicted molar refractivity (Wildman–Crippen MR) is 144 cm³/mol. The summed E-state index contributed by atoms with van der Waals surface area (Å²) in [6.07, 6.45) is 0. The molecule has 0 aliphatic heterocycles. The lowest BCUT2D eigenvalue weighted by Crippen LogP contribution is -1.97. The minimum atomic E-state index is 0.705. The number of thiophene rings is 1. The van der Waals surface area contributed by atoms with E-state index in [2.05, 4.69) is 102 Å². The van der Waals surface area contributed by atoms with E-state index in [1.54, 1.807) is 0 Å². The normalized spacial score (nSPS) is 11.5. The topological polar surface area (TPSA) is 28.7 Å². The molecule has 0 fully saturated rings. The third-order valence-corrected chi connectivity index (χ3v) is 7.80. The largest absolute Gasteiger partial charge is 0.309 e. The van der Waals surface area contributed by atoms with Gasteiger partial charge < -0.3 is 4.57 Å². The molecular formula is C31H18N2S. The van der Waals surface area contributed by atoms with Crippen LogP contribution < -0.4 is 0 Å². The van der Waals surface area contributed by atoms with Gasteiger partial charge in [-0.1, -0.05) is 66.7 Å². The molecule has 0 amide bonds. The van der Waals surface area contributed by atoms with Crippen LogP contribution in [0.3, 0.4) is 0 Å². The van der Waals surface area contributed by atoms with Crippen LogP contribution in [0.1, 0.15) is 5.56 Å². The van der Waals surface area contributed by atoms with Crippen molar-refractivity contribution in [3.63, 3.8) is 0 Å². The lowest BCUT2D eigenvalue weighted by molar-refractivity contribution is 1.18. The first-order valence-electron chi connectivity index (χ1n) is 11.3. The highest BCUT2D eigenvalue weighted by atomic mass is 32.1. The van der Waals surface area contributed by atoms with Crippen molar-refractivity contribution in [3.05, 3.63) is 115 Å². The number of rotatable bonds is 2. The lowest BCUT2D eigenvalue weighted by atomic mass is 10.0. The minimum Gasteiger partial charge on any atom is -0.309 e. The molecule has 3 heteroatoms. The van der Waals surface area contributed by atoms with E-state index in [-0.39, 0.29) is 0 Å². The number of hydrogen-bond acceptors (Lipinski definition) is 2. The molecule has 0 spiro atoms. The molecular weight excluding hydrogens is 432 g/mol. The first kappa shape index (κ1) is 19.1. The van der Waals surface area contributed by atoms with E-state index in [4.69, 9.17) is 0 Å². The maximum atomic E-state index is 9.82. The van der Waals surface area contributed by atoms with E-state index in [9.17, 15) is 5.26 Å². The molecule has 0 atom stereocenters. The molecule has 0 bridgehead atoms. The van der Waals surface area contributed by atoms with Gasteiger partial charge in [0.25, 0.3) is 0 Å². The number of aromatic nitrogens is 1. The predicted octanol–water partition coefficient (Wildman–Crippen LogP) is 8.69. The third kappa shape index (κ3) is 2.67. The fourth-order valence-electron chi connectivity index (χ4n) is 5.18. The van der Waals surface area contributed by atoms with Crippen molar-refractivity contribution < 1.29 is 0 Å². The van der Waals surface area contributed by atoms with E-state index >= 15 is 0 Å². The van der Waals surface area contributed by atoms with Crippen LogP contribution in [0.2, 0.25) is 0 Å². The second-order valence-electron chi connectivity index (χ2n) is 8.49. The molecule has 2 heterocycles. The number of benzene rings is 5. The van der Waals surface area contributed by atoms with E-state index < -0.39 is 0 Å². The Hall–Kier alpha value is -4.39. The van der Waals surface area contributed by atoms with Crippen molar-refractivity contribution in [3.8, 4) is 22.9 Å². The Balaban J connectivity index is 1.56. The Morgan fingerprint density at radius 3 is 2.26 bits per heavy atom. The Morgan fingerprint density at radius 1 is 0.618 bits per heavy atom. The van der Waals surface area contributed by atoms with Gasteiger partial charge in [-0.3, -0.25) is 0 Å². The van der Waals surface area contributed by atoms with Crippen LogP contribution in [0.4, 0.5) is 0 Å². The zero-order valence-corrected chi connectivity index (χ0v) is 19.0. The summed E-state index contributed by atoms with van der Waals surface area (Å²) < 4.78 is 4.92. The first-order chi connectivity index (χ1) is 16.8. The first-order valence-corrected chi connectivity index (χ1v) is 12.1. The second kappa shape index (κ2) is 7.31. The molecule has 2 aromatic heterocycles. The van der Waals surface area contributed by atoms with Gasteiger partial charge in [0.05, 0.1) is 28.4 Å². The molecule has 2 nitrogen and oxygen atoms in total. The van der Waals surface area contributed by atoms with Crippen molar-refractivity contribution >= 4 is 53.3 Å². The number of hydrogen-bond donors (Lipinski definition) is 0. The maximum Gasteiger partial charge on any atom is 0.0998 e. The van der Waals surface area contributed by atoms with Crippen LogP contribution in [0.15, 0.2) is 109 Å². The van der Waals surface area contributed by atoms with E-state index in [0.29, 0.717) is 5.56 Å². The smallest absolute Gasteiger partial charge is 0.0998 e. The van der Waals surface area contributed by atoms with Crippen molar-refractivity contribution in [2.45, 2.75) is 0 Å². The lowest BCUT2D eigenvalue weighted by Gasteiger charge is -2.14. The summed E-state index contributed by atoms with van der Waals surface area (Å²) in [5, 5.41) is 14.5. The molecule has 0 saturated heterocycles. The van der Waals surface area contributed by atoms with Crippen LogP contribution in [-0.4, -0.2) is 4.57 Å². The van der Waals surface area contributed by atoms with Crippen LogP contribution in [0.5, 0.6) is 0 Å². The van der Waals surface area contributed by atoms with Gasteiger partial charge in [-0.25, -0.2) is 0 Å². The zero-order chi connectivity index (χ0) is 22.6. The fraction of sp³-hybridized carbons (Fsp3) is 0. The highest BCUT2D eigenvalue weighted by Crippen LogP contribution is 2.40. The van der Waals surface area contributed by atoms with E-state index in [1.165, 1.54) is 31.3 Å². The standard InChI is InChI=1S/C31H18N2S/c32-19-21-8-7-14-28-31(21)24-11-2-5-13-27(24)33(28)26-12-4-1-9-22(26)20-16-17-30-25(18-20)23-10-3-6-15-29(23)34-30/h1-18H. The van der Waals surface area contributed by atoms with Gasteiger partial charge in [-0.05, 0) is 48.0 Å². The Morgan fingerprint density at radius 2 is 1.35 bits per heavy atom. The van der Waals surface area contributed by atoms with Gasteiger partial charge in [0.15, 0.2) is 0 Å². The Bertz CT molecular complexity index is 1930. The number of para-hydroxylation sites is 2. The fourth-order valence-corrected chi connectivity index (χ4v) is 6.26. The van der Waals surface area contributed by atoms with Gasteiger partial charge in [0, 0.05) is 36.5 Å². The molecule has 158 valence electrons. The second-order valence-corrected chi connectivity index (χ2v) is 9.57. The zero-order valence-electron chi connectivity index (χ0n) is 18.2. The quantitative estimate of drug-likeness (QED) is 0.259.